The molecule has 0 bridgehead atoms. The van der Waals surface area contributed by atoms with Crippen molar-refractivity contribution in [2.24, 2.45) is 11.7 Å². The van der Waals surface area contributed by atoms with E-state index in [4.69, 9.17) is 5.73 Å². The van der Waals surface area contributed by atoms with Gasteiger partial charge in [0.2, 0.25) is 0 Å². The van der Waals surface area contributed by atoms with E-state index in [1.54, 1.807) is 24.3 Å². The minimum absolute atomic E-state index is 0.0163. The van der Waals surface area contributed by atoms with Gasteiger partial charge in [0.15, 0.2) is 0 Å². The largest absolute Gasteiger partial charge is 0.330 e. The zero-order chi connectivity index (χ0) is 17.3. The molecule has 0 amide bonds. The average Bonchev–Trinajstić information content (AvgIpc) is 2.55. The fraction of sp³-hybridized carbons (Fsp3) is 0.333. The maximum atomic E-state index is 14.4. The van der Waals surface area contributed by atoms with Crippen molar-refractivity contribution < 1.29 is 13.5 Å². The van der Waals surface area contributed by atoms with Crippen LogP contribution in [0.3, 0.4) is 0 Å². The number of rotatable bonds is 4. The molecule has 2 aromatic carbocycles. The van der Waals surface area contributed by atoms with Gasteiger partial charge in [-0.25, -0.2) is 8.70 Å². The number of nitrogens with two attached hydrogens (primary N) is 1. The third kappa shape index (κ3) is 2.91. The summed E-state index contributed by atoms with van der Waals surface area (Å²) in [6.45, 7) is 2.45. The molecule has 4 nitrogen and oxygen atoms in total. The minimum atomic E-state index is -3.24. The lowest BCUT2D eigenvalue weighted by Gasteiger charge is -2.54. The summed E-state index contributed by atoms with van der Waals surface area (Å²) in [6.07, 6.45) is 1.23. The highest BCUT2D eigenvalue weighted by molar-refractivity contribution is 8.26. The smallest absolute Gasteiger partial charge is 0.148 e. The molecule has 3 rings (SSSR count). The van der Waals surface area contributed by atoms with E-state index in [1.807, 2.05) is 25.1 Å². The lowest BCUT2D eigenvalue weighted by Crippen LogP contribution is -2.41. The predicted octanol–water partition coefficient (Wildman–Crippen LogP) is 4.54. The molecule has 0 spiro atoms. The van der Waals surface area contributed by atoms with E-state index < -0.39 is 21.8 Å². The second-order valence-electron chi connectivity index (χ2n) is 6.23. The van der Waals surface area contributed by atoms with E-state index in [9.17, 15) is 13.5 Å². The van der Waals surface area contributed by atoms with Gasteiger partial charge in [0, 0.05) is 0 Å². The molecule has 4 N–H and O–H groups in total. The molecule has 130 valence electrons. The number of halogens is 1. The normalized spacial score (nSPS) is 21.9. The van der Waals surface area contributed by atoms with Gasteiger partial charge in [0.05, 0.1) is 16.6 Å². The Kier molecular flexibility index (Phi) is 4.83. The van der Waals surface area contributed by atoms with E-state index in [-0.39, 0.29) is 11.6 Å². The van der Waals surface area contributed by atoms with Crippen molar-refractivity contribution in [3.63, 3.8) is 0 Å². The Balaban J connectivity index is 2.15. The van der Waals surface area contributed by atoms with Crippen LogP contribution >= 0.6 is 10.8 Å². The van der Waals surface area contributed by atoms with E-state index >= 15 is 0 Å². The maximum Gasteiger partial charge on any atom is 0.148 e. The third-order valence-corrected chi connectivity index (χ3v) is 7.01. The van der Waals surface area contributed by atoms with Gasteiger partial charge in [-0.1, -0.05) is 37.3 Å². The van der Waals surface area contributed by atoms with Crippen LogP contribution < -0.4 is 10.0 Å². The first kappa shape index (κ1) is 17.2. The number of anilines is 2. The van der Waals surface area contributed by atoms with Crippen molar-refractivity contribution in [3.05, 3.63) is 59.9 Å². The Labute approximate surface area is 143 Å². The fourth-order valence-electron chi connectivity index (χ4n) is 3.34. The molecule has 1 heterocycles. The van der Waals surface area contributed by atoms with Gasteiger partial charge in [-0.15, -0.1) is 10.8 Å². The summed E-state index contributed by atoms with van der Waals surface area (Å²) in [6, 6.07) is 13.7. The Morgan fingerprint density at radius 1 is 1.17 bits per heavy atom. The van der Waals surface area contributed by atoms with E-state index in [0.717, 1.165) is 5.56 Å². The number of nitrogens with zero attached hydrogens (tertiary/aromatic N) is 1. The van der Waals surface area contributed by atoms with Crippen LogP contribution in [0, 0.1) is 11.7 Å². The Morgan fingerprint density at radius 3 is 2.46 bits per heavy atom. The van der Waals surface area contributed by atoms with Crippen LogP contribution in [0.2, 0.25) is 0 Å². The Hall–Kier alpha value is -1.60. The van der Waals surface area contributed by atoms with E-state index in [1.165, 1.54) is 10.4 Å². The van der Waals surface area contributed by atoms with Crippen molar-refractivity contribution in [2.45, 2.75) is 25.0 Å². The number of para-hydroxylation sites is 2. The van der Waals surface area contributed by atoms with Crippen LogP contribution in [0.4, 0.5) is 15.8 Å². The van der Waals surface area contributed by atoms with Gasteiger partial charge in [0.25, 0.3) is 0 Å². The average molecular weight is 350 g/mol. The molecule has 1 aliphatic rings. The summed E-state index contributed by atoms with van der Waals surface area (Å²) in [5, 5.41) is -0.393. The molecule has 0 aromatic heterocycles. The number of hydrogen-bond donors (Lipinski definition) is 3. The SMILES string of the molecule is CC(CCN)C1Cc2ccccc2N(c2ccccc2F)S1(O)O. The van der Waals surface area contributed by atoms with Gasteiger partial charge >= 0.3 is 0 Å². The monoisotopic (exact) mass is 350 g/mol. The topological polar surface area (TPSA) is 69.7 Å². The zero-order valence-corrected chi connectivity index (χ0v) is 14.4. The van der Waals surface area contributed by atoms with Crippen LogP contribution in [-0.2, 0) is 6.42 Å². The molecule has 24 heavy (non-hydrogen) atoms. The summed E-state index contributed by atoms with van der Waals surface area (Å²) < 4.78 is 38.0. The van der Waals surface area contributed by atoms with Gasteiger partial charge < -0.3 is 5.73 Å². The molecule has 0 aliphatic carbocycles. The molecule has 2 aromatic rings. The number of fused-ring (bicyclic) bond motifs is 1. The standard InChI is InChI=1S/C18H23FN2O2S/c1-13(10-11-20)18-12-14-6-2-4-8-16(14)21(24(18,22)23)17-9-5-3-7-15(17)19/h2-9,13,18,22-23H,10-12,20H2,1H3. The summed E-state index contributed by atoms with van der Waals surface area (Å²) in [5.41, 5.74) is 7.49. The van der Waals surface area contributed by atoms with E-state index in [0.29, 0.717) is 25.1 Å². The lowest BCUT2D eigenvalue weighted by molar-refractivity contribution is 0.413. The minimum Gasteiger partial charge on any atom is -0.330 e. The maximum absolute atomic E-state index is 14.4. The van der Waals surface area contributed by atoms with Crippen LogP contribution in [0.25, 0.3) is 0 Å². The number of benzene rings is 2. The molecule has 0 saturated carbocycles. The molecule has 0 radical (unpaired) electrons. The fourth-order valence-corrected chi connectivity index (χ4v) is 5.68. The first-order valence-electron chi connectivity index (χ1n) is 8.06. The van der Waals surface area contributed by atoms with Crippen LogP contribution in [0.5, 0.6) is 0 Å². The van der Waals surface area contributed by atoms with Gasteiger partial charge in [0.1, 0.15) is 5.82 Å². The molecular weight excluding hydrogens is 327 g/mol. The molecule has 6 heteroatoms. The Bertz CT molecular complexity index is 726. The Morgan fingerprint density at radius 2 is 1.79 bits per heavy atom. The second kappa shape index (κ2) is 6.72. The zero-order valence-electron chi connectivity index (χ0n) is 13.6. The first-order chi connectivity index (χ1) is 11.5. The second-order valence-corrected chi connectivity index (χ2v) is 8.33. The van der Waals surface area contributed by atoms with Crippen molar-refractivity contribution >= 4 is 22.2 Å². The highest BCUT2D eigenvalue weighted by Crippen LogP contribution is 2.61. The summed E-state index contributed by atoms with van der Waals surface area (Å²) >= 11 is 0. The van der Waals surface area contributed by atoms with Crippen molar-refractivity contribution in [2.75, 3.05) is 10.8 Å². The van der Waals surface area contributed by atoms with Crippen molar-refractivity contribution in [1.29, 1.82) is 0 Å². The van der Waals surface area contributed by atoms with Crippen molar-refractivity contribution in [1.82, 2.24) is 0 Å². The van der Waals surface area contributed by atoms with Gasteiger partial charge in [-0.05, 0) is 49.1 Å². The summed E-state index contributed by atoms with van der Waals surface area (Å²) in [7, 11) is -3.24. The first-order valence-corrected chi connectivity index (χ1v) is 9.63. The highest BCUT2D eigenvalue weighted by Gasteiger charge is 2.42. The van der Waals surface area contributed by atoms with Crippen molar-refractivity contribution in [3.8, 4) is 0 Å². The molecule has 1 aliphatic heterocycles. The summed E-state index contributed by atoms with van der Waals surface area (Å²) in [4.78, 5) is 0. The van der Waals surface area contributed by atoms with Crippen LogP contribution in [-0.4, -0.2) is 20.9 Å². The molecule has 2 atom stereocenters. The molecule has 2 unspecified atom stereocenters. The molecular formula is C18H23FN2O2S. The molecule has 0 fully saturated rings. The van der Waals surface area contributed by atoms with Crippen LogP contribution in [0.15, 0.2) is 48.5 Å². The molecule has 0 saturated heterocycles. The summed E-state index contributed by atoms with van der Waals surface area (Å²) in [5.74, 6) is -0.456. The quantitative estimate of drug-likeness (QED) is 0.757. The third-order valence-electron chi connectivity index (χ3n) is 4.63. The van der Waals surface area contributed by atoms with Gasteiger partial charge in [-0.3, -0.25) is 9.11 Å². The number of hydrogen-bond acceptors (Lipinski definition) is 4. The predicted molar refractivity (Wildman–Crippen MR) is 98.2 cm³/mol. The van der Waals surface area contributed by atoms with E-state index in [2.05, 4.69) is 0 Å². The van der Waals surface area contributed by atoms with Crippen LogP contribution in [0.1, 0.15) is 18.9 Å². The lowest BCUT2D eigenvalue weighted by atomic mass is 9.96. The van der Waals surface area contributed by atoms with Gasteiger partial charge in [-0.2, -0.15) is 0 Å². The highest BCUT2D eigenvalue weighted by atomic mass is 32.3.